The second-order valence-electron chi connectivity index (χ2n) is 17.9. The number of fused-ring (bicyclic) bond motifs is 1. The number of Topliss-reactive ketones (excluding diaryl/α,β-unsaturated/α-hetero) is 1. The molecule has 2 aromatic rings. The molecular formula is C48H69N7O10. The van der Waals surface area contributed by atoms with Crippen LogP contribution < -0.4 is 35.8 Å². The number of methoxy groups -OCH3 is 2. The first-order valence-corrected chi connectivity index (χ1v) is 23.3. The molecule has 0 radical (unpaired) electrons. The SMILES string of the molecule is CCCC[C@@H](NC(=O)[C@@H](CC1CN(C(=O)OC)c2ccccc21)NC(=O)[C@H](CC(C)C)NC(=O)N1CCCCCC1)C(=O)N[C@H](CC(=O)C1CCN(c2ccccc2OC)CC1)C(=O)O. The van der Waals surface area contributed by atoms with Crippen molar-refractivity contribution in [2.75, 3.05) is 56.7 Å². The number of carbonyl (C=O) groups is 7. The Balaban J connectivity index is 1.33. The Morgan fingerprint density at radius 1 is 0.738 bits per heavy atom. The van der Waals surface area contributed by atoms with Crippen molar-refractivity contribution in [3.05, 3.63) is 54.1 Å². The minimum absolute atomic E-state index is 0.000157. The van der Waals surface area contributed by atoms with Gasteiger partial charge in [-0.15, -0.1) is 0 Å². The van der Waals surface area contributed by atoms with Crippen LogP contribution in [0.25, 0.3) is 0 Å². The average Bonchev–Trinajstić information content (AvgIpc) is 3.44. The molecule has 0 saturated carbocycles. The fourth-order valence-electron chi connectivity index (χ4n) is 9.11. The number of piperidine rings is 1. The monoisotopic (exact) mass is 904 g/mol. The zero-order valence-corrected chi connectivity index (χ0v) is 38.6. The highest BCUT2D eigenvalue weighted by molar-refractivity contribution is 5.96. The van der Waals surface area contributed by atoms with Crippen LogP contribution in [0.4, 0.5) is 21.0 Å². The number of unbranched alkanes of at least 4 members (excludes halogenated alkanes) is 1. The summed E-state index contributed by atoms with van der Waals surface area (Å²) in [7, 11) is 2.88. The van der Waals surface area contributed by atoms with Crippen molar-refractivity contribution >= 4 is 53.0 Å². The second-order valence-corrected chi connectivity index (χ2v) is 17.9. The van der Waals surface area contributed by atoms with E-state index < -0.39 is 72.2 Å². The fraction of sp³-hybridized carbons (Fsp3) is 0.604. The summed E-state index contributed by atoms with van der Waals surface area (Å²) in [4.78, 5) is 101. The first kappa shape index (κ1) is 50.1. The second kappa shape index (κ2) is 24.4. The number of para-hydroxylation sites is 3. The van der Waals surface area contributed by atoms with Crippen LogP contribution in [0, 0.1) is 11.8 Å². The number of carboxylic acid groups (broad SMARTS) is 1. The Kier molecular flexibility index (Phi) is 18.8. The fourth-order valence-corrected chi connectivity index (χ4v) is 9.11. The van der Waals surface area contributed by atoms with E-state index in [1.165, 1.54) is 12.0 Å². The van der Waals surface area contributed by atoms with Crippen molar-refractivity contribution in [2.24, 2.45) is 11.8 Å². The molecule has 3 heterocycles. The molecule has 65 heavy (non-hydrogen) atoms. The first-order valence-electron chi connectivity index (χ1n) is 23.3. The average molecular weight is 904 g/mol. The molecule has 2 fully saturated rings. The molecule has 2 aromatic carbocycles. The number of urea groups is 1. The van der Waals surface area contributed by atoms with E-state index in [2.05, 4.69) is 26.2 Å². The van der Waals surface area contributed by atoms with Gasteiger partial charge in [0.1, 0.15) is 35.7 Å². The van der Waals surface area contributed by atoms with Crippen molar-refractivity contribution in [1.82, 2.24) is 26.2 Å². The third kappa shape index (κ3) is 13.8. The van der Waals surface area contributed by atoms with E-state index in [4.69, 9.17) is 9.47 Å². The molecule has 6 amide bonds. The van der Waals surface area contributed by atoms with E-state index in [9.17, 15) is 38.7 Å². The third-order valence-electron chi connectivity index (χ3n) is 12.7. The molecule has 2 saturated heterocycles. The number of ether oxygens (including phenoxy) is 2. The van der Waals surface area contributed by atoms with Gasteiger partial charge in [-0.2, -0.15) is 0 Å². The number of amides is 6. The van der Waals surface area contributed by atoms with E-state index in [1.807, 2.05) is 57.2 Å². The Morgan fingerprint density at radius 3 is 1.97 bits per heavy atom. The number of hydrogen-bond acceptors (Lipinski definition) is 10. The lowest BCUT2D eigenvalue weighted by molar-refractivity contribution is -0.144. The zero-order valence-electron chi connectivity index (χ0n) is 38.6. The Morgan fingerprint density at radius 2 is 1.34 bits per heavy atom. The van der Waals surface area contributed by atoms with E-state index in [1.54, 1.807) is 24.1 Å². The zero-order chi connectivity index (χ0) is 47.0. The largest absolute Gasteiger partial charge is 0.495 e. The van der Waals surface area contributed by atoms with Gasteiger partial charge in [-0.05, 0) is 74.6 Å². The lowest BCUT2D eigenvalue weighted by Gasteiger charge is -2.34. The van der Waals surface area contributed by atoms with Crippen LogP contribution in [-0.4, -0.2) is 123 Å². The molecular weight excluding hydrogens is 835 g/mol. The first-order chi connectivity index (χ1) is 31.2. The molecule has 0 aromatic heterocycles. The van der Waals surface area contributed by atoms with Gasteiger partial charge >= 0.3 is 18.1 Å². The van der Waals surface area contributed by atoms with Gasteiger partial charge in [-0.3, -0.25) is 24.1 Å². The molecule has 5 N–H and O–H groups in total. The van der Waals surface area contributed by atoms with Crippen LogP contribution in [-0.2, 0) is 28.7 Å². The van der Waals surface area contributed by atoms with Gasteiger partial charge in [0.05, 0.1) is 25.6 Å². The maximum atomic E-state index is 14.6. The van der Waals surface area contributed by atoms with Crippen molar-refractivity contribution in [3.8, 4) is 5.75 Å². The number of benzene rings is 2. The van der Waals surface area contributed by atoms with Gasteiger partial charge in [-0.25, -0.2) is 14.4 Å². The van der Waals surface area contributed by atoms with Gasteiger partial charge < -0.3 is 45.6 Å². The van der Waals surface area contributed by atoms with E-state index >= 15 is 0 Å². The lowest BCUT2D eigenvalue weighted by atomic mass is 9.89. The van der Waals surface area contributed by atoms with Crippen molar-refractivity contribution in [3.63, 3.8) is 0 Å². The third-order valence-corrected chi connectivity index (χ3v) is 12.7. The van der Waals surface area contributed by atoms with E-state index in [0.29, 0.717) is 64.0 Å². The molecule has 17 heteroatoms. The number of carboxylic acids is 1. The van der Waals surface area contributed by atoms with Gasteiger partial charge in [0.2, 0.25) is 17.7 Å². The Hall–Kier alpha value is -5.87. The highest BCUT2D eigenvalue weighted by Gasteiger charge is 2.39. The number of hydrogen-bond donors (Lipinski definition) is 5. The minimum atomic E-state index is -1.54. The minimum Gasteiger partial charge on any atom is -0.495 e. The molecule has 0 bridgehead atoms. The molecule has 0 aliphatic carbocycles. The van der Waals surface area contributed by atoms with Gasteiger partial charge in [0.15, 0.2) is 0 Å². The summed E-state index contributed by atoms with van der Waals surface area (Å²) in [5.41, 5.74) is 2.28. The van der Waals surface area contributed by atoms with Gasteiger partial charge in [0.25, 0.3) is 0 Å². The summed E-state index contributed by atoms with van der Waals surface area (Å²) in [5.74, 6) is -3.81. The number of nitrogens with zero attached hydrogens (tertiary/aromatic N) is 3. The summed E-state index contributed by atoms with van der Waals surface area (Å²) in [6, 6.07) is 9.51. The van der Waals surface area contributed by atoms with Gasteiger partial charge in [0, 0.05) is 51.0 Å². The molecule has 5 rings (SSSR count). The number of anilines is 2. The normalized spacial score (nSPS) is 18.3. The lowest BCUT2D eigenvalue weighted by Crippen LogP contribution is -2.59. The van der Waals surface area contributed by atoms with Crippen molar-refractivity contribution in [1.29, 1.82) is 0 Å². The molecule has 0 spiro atoms. The Labute approximate surface area is 382 Å². The molecule has 17 nitrogen and oxygen atoms in total. The topological polar surface area (TPSA) is 216 Å². The van der Waals surface area contributed by atoms with Crippen LogP contribution in [0.5, 0.6) is 5.75 Å². The summed E-state index contributed by atoms with van der Waals surface area (Å²) in [6.07, 6.45) is 5.38. The highest BCUT2D eigenvalue weighted by Crippen LogP contribution is 2.39. The maximum absolute atomic E-state index is 14.6. The van der Waals surface area contributed by atoms with Crippen LogP contribution in [0.3, 0.4) is 0 Å². The van der Waals surface area contributed by atoms with Crippen LogP contribution in [0.1, 0.15) is 109 Å². The van der Waals surface area contributed by atoms with Crippen LogP contribution in [0.15, 0.2) is 48.5 Å². The predicted molar refractivity (Wildman–Crippen MR) is 246 cm³/mol. The Bertz CT molecular complexity index is 1960. The van der Waals surface area contributed by atoms with Gasteiger partial charge in [-0.1, -0.05) is 76.8 Å². The van der Waals surface area contributed by atoms with E-state index in [0.717, 1.165) is 42.7 Å². The number of likely N-dealkylation sites (tertiary alicyclic amines) is 1. The number of ketones is 1. The number of nitrogens with one attached hydrogen (secondary N) is 4. The predicted octanol–water partition coefficient (Wildman–Crippen LogP) is 5.36. The summed E-state index contributed by atoms with van der Waals surface area (Å²) in [6.45, 7) is 8.22. The number of rotatable bonds is 20. The molecule has 3 aliphatic heterocycles. The molecule has 3 aliphatic rings. The summed E-state index contributed by atoms with van der Waals surface area (Å²) >= 11 is 0. The number of carbonyl (C=O) groups excluding carboxylic acids is 6. The maximum Gasteiger partial charge on any atom is 0.414 e. The summed E-state index contributed by atoms with van der Waals surface area (Å²) < 4.78 is 10.6. The molecule has 356 valence electrons. The number of aliphatic carboxylic acids is 1. The molecule has 5 atom stereocenters. The van der Waals surface area contributed by atoms with Crippen LogP contribution in [0.2, 0.25) is 0 Å². The smallest absolute Gasteiger partial charge is 0.414 e. The molecule has 1 unspecified atom stereocenters. The standard InChI is InChI=1S/C48H69N7O10/c1-6-7-17-35(43(57)51-38(46(60)61)29-41(56)32-21-25-53(26-22-32)40-19-12-13-20-42(40)64-4)49-45(59)37(28-33-30-55(48(63)65-5)39-18-11-10-16-34(33)39)50-44(58)36(27-31(2)3)52-47(62)54-23-14-8-9-15-24-54/h10-13,16,18-20,31-33,35-38H,6-9,14-15,17,21-30H2,1-5H3,(H,49,59)(H,50,58)(H,51,57)(H,52,62)(H,60,61)/t33?,35-,36+,37-,38-/m1/s1. The highest BCUT2D eigenvalue weighted by atomic mass is 16.5. The van der Waals surface area contributed by atoms with Crippen LogP contribution >= 0.6 is 0 Å². The quantitative estimate of drug-likeness (QED) is 0.114. The summed E-state index contributed by atoms with van der Waals surface area (Å²) in [5, 5.41) is 21.4. The van der Waals surface area contributed by atoms with Crippen molar-refractivity contribution in [2.45, 2.75) is 128 Å². The van der Waals surface area contributed by atoms with E-state index in [-0.39, 0.29) is 37.1 Å². The van der Waals surface area contributed by atoms with Crippen molar-refractivity contribution < 1.29 is 48.1 Å².